The third-order valence-electron chi connectivity index (χ3n) is 6.35. The molecule has 0 bridgehead atoms. The van der Waals surface area contributed by atoms with Gasteiger partial charge in [0.15, 0.2) is 5.65 Å². The number of aliphatic hydroxyl groups is 1. The van der Waals surface area contributed by atoms with Crippen molar-refractivity contribution in [1.82, 2.24) is 19.5 Å². The van der Waals surface area contributed by atoms with E-state index in [1.807, 2.05) is 4.57 Å². The van der Waals surface area contributed by atoms with Crippen LogP contribution < -0.4 is 10.6 Å². The molecule has 2 aromatic heterocycles. The summed E-state index contributed by atoms with van der Waals surface area (Å²) >= 11 is 0. The van der Waals surface area contributed by atoms with Gasteiger partial charge in [0.25, 0.3) is 0 Å². The molecule has 2 saturated carbocycles. The van der Waals surface area contributed by atoms with Crippen LogP contribution in [-0.4, -0.2) is 36.8 Å². The largest absolute Gasteiger partial charge is 0.393 e. The fourth-order valence-corrected chi connectivity index (χ4v) is 4.69. The number of fused-ring (bicyclic) bond motifs is 1. The molecule has 2 heterocycles. The molecule has 164 valence electrons. The molecule has 0 atom stereocenters. The summed E-state index contributed by atoms with van der Waals surface area (Å²) in [5.41, 5.74) is 1.01. The van der Waals surface area contributed by atoms with Crippen molar-refractivity contribution in [3.8, 4) is 0 Å². The van der Waals surface area contributed by atoms with E-state index in [-0.39, 0.29) is 23.9 Å². The van der Waals surface area contributed by atoms with Crippen LogP contribution in [0.5, 0.6) is 0 Å². The van der Waals surface area contributed by atoms with E-state index in [0.29, 0.717) is 23.1 Å². The Balaban J connectivity index is 1.50. The SMILES string of the molecule is O[C@H]1CC[C@H](Nc2ncc3nc(Nc4c(F)cccc4F)n(C4CCCC4)c3n2)CC1. The van der Waals surface area contributed by atoms with Gasteiger partial charge in [0.1, 0.15) is 22.8 Å². The van der Waals surface area contributed by atoms with Gasteiger partial charge in [-0.1, -0.05) is 18.9 Å². The van der Waals surface area contributed by atoms with E-state index in [9.17, 15) is 13.9 Å². The number of para-hydroxylation sites is 1. The summed E-state index contributed by atoms with van der Waals surface area (Å²) in [4.78, 5) is 13.7. The Morgan fingerprint density at radius 2 is 1.68 bits per heavy atom. The number of aliphatic hydroxyl groups excluding tert-OH is 1. The van der Waals surface area contributed by atoms with Crippen LogP contribution in [0.15, 0.2) is 24.4 Å². The topological polar surface area (TPSA) is 87.9 Å². The van der Waals surface area contributed by atoms with Crippen molar-refractivity contribution in [2.45, 2.75) is 69.6 Å². The lowest BCUT2D eigenvalue weighted by Gasteiger charge is -2.26. The summed E-state index contributed by atoms with van der Waals surface area (Å²) in [5.74, 6) is -0.453. The van der Waals surface area contributed by atoms with E-state index in [1.54, 1.807) is 6.20 Å². The number of hydrogen-bond donors (Lipinski definition) is 3. The molecule has 2 aliphatic carbocycles. The molecule has 9 heteroatoms. The van der Waals surface area contributed by atoms with Crippen LogP contribution in [0, 0.1) is 11.6 Å². The summed E-state index contributed by atoms with van der Waals surface area (Å²) in [6.07, 6.45) is 8.81. The first-order chi connectivity index (χ1) is 15.1. The lowest BCUT2D eigenvalue weighted by molar-refractivity contribution is 0.126. The zero-order chi connectivity index (χ0) is 21.4. The summed E-state index contributed by atoms with van der Waals surface area (Å²) in [6, 6.07) is 4.15. The predicted octanol–water partition coefficient (Wildman–Crippen LogP) is 4.68. The van der Waals surface area contributed by atoms with Crippen LogP contribution >= 0.6 is 0 Å². The number of benzene rings is 1. The Morgan fingerprint density at radius 3 is 2.39 bits per heavy atom. The van der Waals surface area contributed by atoms with Gasteiger partial charge in [0, 0.05) is 12.1 Å². The van der Waals surface area contributed by atoms with E-state index < -0.39 is 11.6 Å². The Morgan fingerprint density at radius 1 is 0.968 bits per heavy atom. The van der Waals surface area contributed by atoms with Crippen molar-refractivity contribution < 1.29 is 13.9 Å². The van der Waals surface area contributed by atoms with Gasteiger partial charge in [0.2, 0.25) is 11.9 Å². The molecule has 0 amide bonds. The van der Waals surface area contributed by atoms with E-state index >= 15 is 0 Å². The van der Waals surface area contributed by atoms with Gasteiger partial charge in [-0.3, -0.25) is 4.57 Å². The van der Waals surface area contributed by atoms with Crippen LogP contribution in [0.25, 0.3) is 11.2 Å². The molecule has 0 saturated heterocycles. The highest BCUT2D eigenvalue weighted by Crippen LogP contribution is 2.36. The van der Waals surface area contributed by atoms with Gasteiger partial charge < -0.3 is 15.7 Å². The zero-order valence-electron chi connectivity index (χ0n) is 17.2. The van der Waals surface area contributed by atoms with Gasteiger partial charge in [-0.25, -0.2) is 18.7 Å². The molecule has 5 rings (SSSR count). The minimum atomic E-state index is -0.669. The van der Waals surface area contributed by atoms with Crippen molar-refractivity contribution in [1.29, 1.82) is 0 Å². The van der Waals surface area contributed by atoms with E-state index in [0.717, 1.165) is 51.4 Å². The van der Waals surface area contributed by atoms with Crippen LogP contribution in [0.2, 0.25) is 0 Å². The van der Waals surface area contributed by atoms with Crippen molar-refractivity contribution >= 4 is 28.7 Å². The zero-order valence-corrected chi connectivity index (χ0v) is 17.2. The van der Waals surface area contributed by atoms with Crippen LogP contribution in [0.1, 0.15) is 57.4 Å². The Kier molecular flexibility index (Phi) is 5.43. The van der Waals surface area contributed by atoms with Crippen molar-refractivity contribution in [2.75, 3.05) is 10.6 Å². The monoisotopic (exact) mass is 428 g/mol. The second-order valence-electron chi connectivity index (χ2n) is 8.52. The minimum Gasteiger partial charge on any atom is -0.393 e. The second-order valence-corrected chi connectivity index (χ2v) is 8.52. The van der Waals surface area contributed by atoms with Crippen molar-refractivity contribution in [3.05, 3.63) is 36.0 Å². The second kappa shape index (κ2) is 8.37. The number of hydrogen-bond acceptors (Lipinski definition) is 6. The number of imidazole rings is 1. The van der Waals surface area contributed by atoms with Gasteiger partial charge in [-0.2, -0.15) is 4.98 Å². The molecule has 2 aliphatic rings. The van der Waals surface area contributed by atoms with Crippen LogP contribution in [-0.2, 0) is 0 Å². The highest BCUT2D eigenvalue weighted by molar-refractivity contribution is 5.76. The lowest BCUT2D eigenvalue weighted by Crippen LogP contribution is -2.29. The molecular formula is C22H26F2N6O. The Hall–Kier alpha value is -2.81. The third kappa shape index (κ3) is 4.06. The fourth-order valence-electron chi connectivity index (χ4n) is 4.69. The smallest absolute Gasteiger partial charge is 0.224 e. The fraction of sp³-hybridized carbons (Fsp3) is 0.500. The molecule has 31 heavy (non-hydrogen) atoms. The van der Waals surface area contributed by atoms with Crippen LogP contribution in [0.4, 0.5) is 26.4 Å². The molecule has 2 fully saturated rings. The van der Waals surface area contributed by atoms with Crippen molar-refractivity contribution in [3.63, 3.8) is 0 Å². The average molecular weight is 428 g/mol. The molecular weight excluding hydrogens is 402 g/mol. The molecule has 0 aliphatic heterocycles. The standard InChI is InChI=1S/C22H26F2N6O/c23-16-6-3-7-17(24)19(16)28-22-27-18-12-25-21(26-13-8-10-15(31)11-9-13)29-20(18)30(22)14-4-1-2-5-14/h3,6-7,12-15,31H,1-2,4-5,8-11H2,(H,27,28)(H,25,26,29)/t13-,15-. The summed E-state index contributed by atoms with van der Waals surface area (Å²) in [7, 11) is 0. The number of rotatable bonds is 5. The Bertz CT molecular complexity index is 1050. The van der Waals surface area contributed by atoms with Gasteiger partial charge in [0.05, 0.1) is 12.3 Å². The molecule has 0 unspecified atom stereocenters. The average Bonchev–Trinajstić information content (AvgIpc) is 3.39. The summed E-state index contributed by atoms with van der Waals surface area (Å²) in [6.45, 7) is 0. The van der Waals surface area contributed by atoms with E-state index in [4.69, 9.17) is 4.98 Å². The van der Waals surface area contributed by atoms with Gasteiger partial charge in [-0.05, 0) is 50.7 Å². The number of nitrogens with zero attached hydrogens (tertiary/aromatic N) is 4. The first-order valence-corrected chi connectivity index (χ1v) is 11.0. The highest BCUT2D eigenvalue weighted by atomic mass is 19.1. The number of aromatic nitrogens is 4. The molecule has 3 N–H and O–H groups in total. The maximum atomic E-state index is 14.3. The highest BCUT2D eigenvalue weighted by Gasteiger charge is 2.26. The van der Waals surface area contributed by atoms with Crippen LogP contribution in [0.3, 0.4) is 0 Å². The third-order valence-corrected chi connectivity index (χ3v) is 6.35. The predicted molar refractivity (Wildman–Crippen MR) is 114 cm³/mol. The first kappa shape index (κ1) is 20.1. The molecule has 3 aromatic rings. The number of halogens is 2. The first-order valence-electron chi connectivity index (χ1n) is 11.0. The quantitative estimate of drug-likeness (QED) is 0.547. The number of anilines is 3. The van der Waals surface area contributed by atoms with E-state index in [1.165, 1.54) is 18.2 Å². The lowest BCUT2D eigenvalue weighted by atomic mass is 9.93. The van der Waals surface area contributed by atoms with Crippen molar-refractivity contribution in [2.24, 2.45) is 0 Å². The molecule has 0 spiro atoms. The minimum absolute atomic E-state index is 0.162. The Labute approximate surface area is 178 Å². The maximum Gasteiger partial charge on any atom is 0.224 e. The summed E-state index contributed by atoms with van der Waals surface area (Å²) in [5, 5.41) is 16.0. The van der Waals surface area contributed by atoms with Gasteiger partial charge >= 0.3 is 0 Å². The van der Waals surface area contributed by atoms with Gasteiger partial charge in [-0.15, -0.1) is 0 Å². The molecule has 0 radical (unpaired) electrons. The maximum absolute atomic E-state index is 14.3. The number of nitrogens with one attached hydrogen (secondary N) is 2. The summed E-state index contributed by atoms with van der Waals surface area (Å²) < 4.78 is 30.5. The normalized spacial score (nSPS) is 22.2. The molecule has 7 nitrogen and oxygen atoms in total. The molecule has 1 aromatic carbocycles. The van der Waals surface area contributed by atoms with E-state index in [2.05, 4.69) is 20.6 Å².